The lowest BCUT2D eigenvalue weighted by molar-refractivity contribution is 0.0963. The fraction of sp³-hybridized carbons (Fsp3) is 0.188. The molecule has 0 atom stereocenters. The van der Waals surface area contributed by atoms with Crippen LogP contribution in [-0.2, 0) is 10.0 Å². The summed E-state index contributed by atoms with van der Waals surface area (Å²) < 4.78 is 50.9. The first-order valence-electron chi connectivity index (χ1n) is 7.09. The molecule has 0 radical (unpaired) electrons. The average molecular weight is 368 g/mol. The summed E-state index contributed by atoms with van der Waals surface area (Å²) in [6.07, 6.45) is 0. The molecule has 2 N–H and O–H groups in total. The fourth-order valence-corrected chi connectivity index (χ4v) is 3.16. The van der Waals surface area contributed by atoms with E-state index in [2.05, 4.69) is 10.0 Å². The summed E-state index contributed by atoms with van der Waals surface area (Å²) in [6, 6.07) is 7.53. The van der Waals surface area contributed by atoms with Crippen LogP contribution in [0.3, 0.4) is 0 Å². The highest BCUT2D eigenvalue weighted by Crippen LogP contribution is 2.29. The van der Waals surface area contributed by atoms with Crippen LogP contribution < -0.4 is 19.5 Å². The zero-order chi connectivity index (χ0) is 18.6. The summed E-state index contributed by atoms with van der Waals surface area (Å²) in [5.41, 5.74) is 0.293. The van der Waals surface area contributed by atoms with Crippen molar-refractivity contribution in [1.29, 1.82) is 0 Å². The van der Waals surface area contributed by atoms with Crippen LogP contribution in [0.2, 0.25) is 0 Å². The third-order valence-corrected chi connectivity index (χ3v) is 4.73. The molecule has 0 saturated heterocycles. The Hall–Kier alpha value is -2.81. The van der Waals surface area contributed by atoms with Crippen LogP contribution in [0.1, 0.15) is 10.4 Å². The molecule has 0 fully saturated rings. The summed E-state index contributed by atoms with van der Waals surface area (Å²) in [4.78, 5) is 11.4. The molecule has 2 rings (SSSR count). The van der Waals surface area contributed by atoms with Crippen LogP contribution in [0.25, 0.3) is 0 Å². The van der Waals surface area contributed by atoms with Gasteiger partial charge in [0.1, 0.15) is 5.75 Å². The molecule has 0 aromatic heterocycles. The van der Waals surface area contributed by atoms with E-state index in [1.165, 1.54) is 51.6 Å². The first kappa shape index (κ1) is 18.5. The highest BCUT2D eigenvalue weighted by Gasteiger charge is 2.20. The smallest absolute Gasteiger partial charge is 0.262 e. The first-order chi connectivity index (χ1) is 11.8. The molecule has 0 aliphatic rings. The Labute approximate surface area is 144 Å². The number of anilines is 1. The maximum Gasteiger partial charge on any atom is 0.262 e. The van der Waals surface area contributed by atoms with Crippen molar-refractivity contribution < 1.29 is 27.1 Å². The van der Waals surface area contributed by atoms with Gasteiger partial charge in [-0.25, -0.2) is 12.8 Å². The van der Waals surface area contributed by atoms with Gasteiger partial charge in [0, 0.05) is 12.6 Å². The van der Waals surface area contributed by atoms with Gasteiger partial charge in [-0.05, 0) is 36.4 Å². The number of ether oxygens (including phenoxy) is 2. The van der Waals surface area contributed by atoms with Crippen LogP contribution in [0, 0.1) is 5.82 Å². The number of carbonyl (C=O) groups excluding carboxylic acids is 1. The number of amides is 1. The molecule has 0 bridgehead atoms. The second kappa shape index (κ2) is 7.39. The number of benzene rings is 2. The lowest BCUT2D eigenvalue weighted by Crippen LogP contribution is -2.19. The molecular formula is C16H17FN2O5S. The Morgan fingerprint density at radius 1 is 1.04 bits per heavy atom. The normalized spacial score (nSPS) is 10.9. The van der Waals surface area contributed by atoms with E-state index in [9.17, 15) is 17.6 Å². The van der Waals surface area contributed by atoms with Crippen molar-refractivity contribution in [2.75, 3.05) is 26.0 Å². The maximum atomic E-state index is 13.8. The largest absolute Gasteiger partial charge is 0.495 e. The first-order valence-corrected chi connectivity index (χ1v) is 8.57. The van der Waals surface area contributed by atoms with E-state index in [1.807, 2.05) is 0 Å². The molecular weight excluding hydrogens is 351 g/mol. The van der Waals surface area contributed by atoms with Gasteiger partial charge in [0.15, 0.2) is 11.6 Å². The van der Waals surface area contributed by atoms with Gasteiger partial charge in [-0.1, -0.05) is 0 Å². The van der Waals surface area contributed by atoms with Gasteiger partial charge < -0.3 is 14.8 Å². The molecule has 2 aromatic carbocycles. The maximum absolute atomic E-state index is 13.8. The SMILES string of the molecule is CNC(=O)c1ccc(OC)c(NS(=O)(=O)c2ccc(OC)c(F)c2)c1. The molecule has 0 unspecified atom stereocenters. The van der Waals surface area contributed by atoms with Gasteiger partial charge in [-0.2, -0.15) is 0 Å². The van der Waals surface area contributed by atoms with E-state index in [-0.39, 0.29) is 27.6 Å². The van der Waals surface area contributed by atoms with Crippen molar-refractivity contribution in [1.82, 2.24) is 5.32 Å². The molecule has 1 amide bonds. The molecule has 0 spiro atoms. The molecule has 7 nitrogen and oxygen atoms in total. The molecule has 0 heterocycles. The molecule has 9 heteroatoms. The van der Waals surface area contributed by atoms with Crippen molar-refractivity contribution >= 4 is 21.6 Å². The van der Waals surface area contributed by atoms with Crippen molar-refractivity contribution in [3.8, 4) is 11.5 Å². The van der Waals surface area contributed by atoms with Crippen molar-refractivity contribution in [2.24, 2.45) is 0 Å². The number of hydrogen-bond acceptors (Lipinski definition) is 5. The molecule has 25 heavy (non-hydrogen) atoms. The topological polar surface area (TPSA) is 93.7 Å². The minimum Gasteiger partial charge on any atom is -0.495 e. The fourth-order valence-electron chi connectivity index (χ4n) is 2.09. The van der Waals surface area contributed by atoms with E-state index >= 15 is 0 Å². The number of methoxy groups -OCH3 is 2. The second-order valence-electron chi connectivity index (χ2n) is 4.90. The van der Waals surface area contributed by atoms with E-state index < -0.39 is 21.7 Å². The third-order valence-electron chi connectivity index (χ3n) is 3.37. The van der Waals surface area contributed by atoms with Gasteiger partial charge in [0.2, 0.25) is 0 Å². The Morgan fingerprint density at radius 3 is 2.24 bits per heavy atom. The van der Waals surface area contributed by atoms with Crippen LogP contribution in [0.4, 0.5) is 10.1 Å². The number of halogens is 1. The van der Waals surface area contributed by atoms with Gasteiger partial charge >= 0.3 is 0 Å². The number of nitrogens with one attached hydrogen (secondary N) is 2. The van der Waals surface area contributed by atoms with Crippen LogP contribution >= 0.6 is 0 Å². The minimum atomic E-state index is -4.10. The van der Waals surface area contributed by atoms with E-state index in [1.54, 1.807) is 0 Å². The summed E-state index contributed by atoms with van der Waals surface area (Å²) in [7, 11) is -0.00633. The second-order valence-corrected chi connectivity index (χ2v) is 6.58. The molecule has 0 aliphatic heterocycles. The van der Waals surface area contributed by atoms with Gasteiger partial charge in [-0.15, -0.1) is 0 Å². The number of hydrogen-bond donors (Lipinski definition) is 2. The molecule has 0 saturated carbocycles. The number of sulfonamides is 1. The number of rotatable bonds is 6. The lowest BCUT2D eigenvalue weighted by Gasteiger charge is -2.13. The van der Waals surface area contributed by atoms with Crippen LogP contribution in [-0.4, -0.2) is 35.6 Å². The predicted octanol–water partition coefficient (Wildman–Crippen LogP) is 2.00. The van der Waals surface area contributed by atoms with E-state index in [4.69, 9.17) is 9.47 Å². The summed E-state index contributed by atoms with van der Waals surface area (Å²) in [5.74, 6) is -1.06. The monoisotopic (exact) mass is 368 g/mol. The predicted molar refractivity (Wildman–Crippen MR) is 90.1 cm³/mol. The summed E-state index contributed by atoms with van der Waals surface area (Å²) in [5, 5.41) is 2.44. The van der Waals surface area contributed by atoms with Gasteiger partial charge in [0.25, 0.3) is 15.9 Å². The Balaban J connectivity index is 2.43. The highest BCUT2D eigenvalue weighted by atomic mass is 32.2. The Morgan fingerprint density at radius 2 is 1.68 bits per heavy atom. The molecule has 0 aliphatic carbocycles. The number of carbonyl (C=O) groups is 1. The van der Waals surface area contributed by atoms with Crippen LogP contribution in [0.15, 0.2) is 41.3 Å². The van der Waals surface area contributed by atoms with Gasteiger partial charge in [0.05, 0.1) is 24.8 Å². The molecule has 2 aromatic rings. The van der Waals surface area contributed by atoms with Crippen molar-refractivity contribution in [3.63, 3.8) is 0 Å². The van der Waals surface area contributed by atoms with Crippen molar-refractivity contribution in [2.45, 2.75) is 4.90 Å². The van der Waals surface area contributed by atoms with E-state index in [0.29, 0.717) is 0 Å². The quantitative estimate of drug-likeness (QED) is 0.813. The summed E-state index contributed by atoms with van der Waals surface area (Å²) in [6.45, 7) is 0. The highest BCUT2D eigenvalue weighted by molar-refractivity contribution is 7.92. The Kier molecular flexibility index (Phi) is 5.48. The molecule has 134 valence electrons. The zero-order valence-electron chi connectivity index (χ0n) is 13.8. The average Bonchev–Trinajstić information content (AvgIpc) is 2.60. The van der Waals surface area contributed by atoms with Crippen LogP contribution in [0.5, 0.6) is 11.5 Å². The van der Waals surface area contributed by atoms with Gasteiger partial charge in [-0.3, -0.25) is 9.52 Å². The Bertz CT molecular complexity index is 899. The minimum absolute atomic E-state index is 0.0554. The van der Waals surface area contributed by atoms with E-state index in [0.717, 1.165) is 6.07 Å². The zero-order valence-corrected chi connectivity index (χ0v) is 14.6. The summed E-state index contributed by atoms with van der Waals surface area (Å²) >= 11 is 0. The van der Waals surface area contributed by atoms with Crippen molar-refractivity contribution in [3.05, 3.63) is 47.8 Å². The lowest BCUT2D eigenvalue weighted by atomic mass is 10.2. The standard InChI is InChI=1S/C16H17FN2O5S/c1-18-16(20)10-4-6-15(24-3)13(8-10)19-25(21,22)11-5-7-14(23-2)12(17)9-11/h4-9,19H,1-3H3,(H,18,20). The third kappa shape index (κ3) is 4.00.